The van der Waals surface area contributed by atoms with Crippen LogP contribution in [0.15, 0.2) is 30.6 Å². The third kappa shape index (κ3) is 2.92. The topological polar surface area (TPSA) is 3.88 Å². The first-order valence-electron chi connectivity index (χ1n) is 2.93. The van der Waals surface area contributed by atoms with Crippen LogP contribution in [0.5, 0.6) is 0 Å². The maximum atomic E-state index is 11.7. The Morgan fingerprint density at radius 3 is 2.20 bits per heavy atom. The van der Waals surface area contributed by atoms with E-state index in [4.69, 9.17) is 0 Å². The van der Waals surface area contributed by atoms with E-state index in [2.05, 4.69) is 0 Å². The first kappa shape index (κ1) is 9.56. The standard InChI is InChI=1S/C7H9FN.BrH/c8-4-7-9-5-2-1-3-6-9;/h1-3,5-6H,4,7H2;1H/q+1;/p-1. The summed E-state index contributed by atoms with van der Waals surface area (Å²) in [5.41, 5.74) is 0. The molecule has 10 heavy (non-hydrogen) atoms. The Hall–Kier alpha value is -0.440. The predicted octanol–water partition coefficient (Wildman–Crippen LogP) is -2.05. The second-order valence-corrected chi connectivity index (χ2v) is 1.80. The van der Waals surface area contributed by atoms with Gasteiger partial charge in [0.25, 0.3) is 0 Å². The number of aromatic nitrogens is 1. The first-order chi connectivity index (χ1) is 4.43. The van der Waals surface area contributed by atoms with E-state index in [9.17, 15) is 4.39 Å². The Kier molecular flexibility index (Phi) is 5.12. The van der Waals surface area contributed by atoms with Gasteiger partial charge in [-0.2, -0.15) is 0 Å². The van der Waals surface area contributed by atoms with Crippen LogP contribution in [0.4, 0.5) is 4.39 Å². The molecule has 0 unspecified atom stereocenters. The van der Waals surface area contributed by atoms with Crippen LogP contribution in [-0.2, 0) is 6.54 Å². The molecule has 0 radical (unpaired) electrons. The molecule has 0 spiro atoms. The van der Waals surface area contributed by atoms with E-state index in [-0.39, 0.29) is 23.7 Å². The molecule has 0 saturated carbocycles. The lowest BCUT2D eigenvalue weighted by atomic mass is 10.5. The van der Waals surface area contributed by atoms with Crippen LogP contribution in [-0.4, -0.2) is 6.67 Å². The smallest absolute Gasteiger partial charge is 0.176 e. The highest BCUT2D eigenvalue weighted by Crippen LogP contribution is 1.76. The summed E-state index contributed by atoms with van der Waals surface area (Å²) in [5, 5.41) is 0. The van der Waals surface area contributed by atoms with Crippen molar-refractivity contribution in [3.05, 3.63) is 30.6 Å². The van der Waals surface area contributed by atoms with Crippen molar-refractivity contribution in [1.82, 2.24) is 0 Å². The van der Waals surface area contributed by atoms with Crippen molar-refractivity contribution in [2.45, 2.75) is 6.54 Å². The fourth-order valence-electron chi connectivity index (χ4n) is 0.681. The molecular weight excluding hydrogens is 197 g/mol. The van der Waals surface area contributed by atoms with Gasteiger partial charge in [-0.15, -0.1) is 0 Å². The van der Waals surface area contributed by atoms with E-state index < -0.39 is 0 Å². The average molecular weight is 206 g/mol. The molecule has 0 N–H and O–H groups in total. The molecule has 0 fully saturated rings. The number of alkyl halides is 1. The van der Waals surface area contributed by atoms with E-state index in [1.807, 2.05) is 30.6 Å². The zero-order valence-electron chi connectivity index (χ0n) is 5.50. The van der Waals surface area contributed by atoms with Gasteiger partial charge < -0.3 is 17.0 Å². The summed E-state index contributed by atoms with van der Waals surface area (Å²) in [7, 11) is 0. The van der Waals surface area contributed by atoms with Gasteiger partial charge in [-0.1, -0.05) is 6.07 Å². The SMILES string of the molecule is FCC[n+]1ccccc1.[Br-]. The van der Waals surface area contributed by atoms with Gasteiger partial charge in [0, 0.05) is 12.1 Å². The summed E-state index contributed by atoms with van der Waals surface area (Å²) in [6, 6.07) is 5.68. The number of nitrogens with zero attached hydrogens (tertiary/aromatic N) is 1. The average Bonchev–Trinajstić information content (AvgIpc) is 1.91. The van der Waals surface area contributed by atoms with Crippen molar-refractivity contribution in [3.8, 4) is 0 Å². The van der Waals surface area contributed by atoms with Gasteiger partial charge in [-0.25, -0.2) is 8.96 Å². The number of hydrogen-bond donors (Lipinski definition) is 0. The third-order valence-electron chi connectivity index (χ3n) is 1.12. The molecule has 0 aliphatic carbocycles. The van der Waals surface area contributed by atoms with Crippen LogP contribution >= 0.6 is 0 Å². The predicted molar refractivity (Wildman–Crippen MR) is 32.6 cm³/mol. The summed E-state index contributed by atoms with van der Waals surface area (Å²) >= 11 is 0. The van der Waals surface area contributed by atoms with Crippen molar-refractivity contribution < 1.29 is 25.9 Å². The summed E-state index contributed by atoms with van der Waals surface area (Å²) < 4.78 is 13.5. The minimum absolute atomic E-state index is 0. The number of halogens is 2. The van der Waals surface area contributed by atoms with Gasteiger partial charge in [-0.05, 0) is 0 Å². The molecular formula is C7H9BrFN. The largest absolute Gasteiger partial charge is 1.00 e. The highest BCUT2D eigenvalue weighted by atomic mass is 79.9. The van der Waals surface area contributed by atoms with Gasteiger partial charge in [0.2, 0.25) is 0 Å². The molecule has 0 aromatic carbocycles. The van der Waals surface area contributed by atoms with Gasteiger partial charge >= 0.3 is 0 Å². The van der Waals surface area contributed by atoms with Crippen LogP contribution in [0.3, 0.4) is 0 Å². The highest BCUT2D eigenvalue weighted by Gasteiger charge is 1.92. The monoisotopic (exact) mass is 205 g/mol. The van der Waals surface area contributed by atoms with E-state index in [1.165, 1.54) is 0 Å². The molecule has 56 valence electrons. The Bertz CT molecular complexity index is 167. The van der Waals surface area contributed by atoms with Crippen molar-refractivity contribution in [1.29, 1.82) is 0 Å². The summed E-state index contributed by atoms with van der Waals surface area (Å²) in [6.07, 6.45) is 3.69. The normalized spacial score (nSPS) is 8.50. The van der Waals surface area contributed by atoms with Gasteiger partial charge in [0.05, 0.1) is 0 Å². The number of aryl methyl sites for hydroxylation is 1. The van der Waals surface area contributed by atoms with Crippen LogP contribution in [0.25, 0.3) is 0 Å². The van der Waals surface area contributed by atoms with E-state index in [0.717, 1.165) is 0 Å². The van der Waals surface area contributed by atoms with Crippen molar-refractivity contribution in [2.24, 2.45) is 0 Å². The molecule has 0 aliphatic rings. The molecule has 0 saturated heterocycles. The number of hydrogen-bond acceptors (Lipinski definition) is 0. The van der Waals surface area contributed by atoms with Crippen LogP contribution < -0.4 is 21.5 Å². The fraction of sp³-hybridized carbons (Fsp3) is 0.286. The maximum absolute atomic E-state index is 11.7. The van der Waals surface area contributed by atoms with Crippen LogP contribution in [0, 0.1) is 0 Å². The second kappa shape index (κ2) is 5.35. The fourth-order valence-corrected chi connectivity index (χ4v) is 0.681. The first-order valence-corrected chi connectivity index (χ1v) is 2.93. The molecule has 1 aromatic heterocycles. The molecule has 0 amide bonds. The third-order valence-corrected chi connectivity index (χ3v) is 1.12. The van der Waals surface area contributed by atoms with Gasteiger partial charge in [-0.3, -0.25) is 0 Å². The summed E-state index contributed by atoms with van der Waals surface area (Å²) in [5.74, 6) is 0. The lowest BCUT2D eigenvalue weighted by Crippen LogP contribution is -3.00. The minimum atomic E-state index is -0.297. The van der Waals surface area contributed by atoms with E-state index >= 15 is 0 Å². The Morgan fingerprint density at radius 1 is 1.10 bits per heavy atom. The second-order valence-electron chi connectivity index (χ2n) is 1.80. The maximum Gasteiger partial charge on any atom is 0.176 e. The summed E-state index contributed by atoms with van der Waals surface area (Å²) in [6.45, 7) is 0.162. The Balaban J connectivity index is 0.000000810. The number of pyridine rings is 1. The van der Waals surface area contributed by atoms with Crippen molar-refractivity contribution in [3.63, 3.8) is 0 Å². The molecule has 1 heterocycles. The molecule has 0 atom stereocenters. The number of rotatable bonds is 2. The molecule has 0 bridgehead atoms. The zero-order valence-corrected chi connectivity index (χ0v) is 7.09. The van der Waals surface area contributed by atoms with E-state index in [0.29, 0.717) is 6.54 Å². The quantitative estimate of drug-likeness (QED) is 0.490. The molecule has 1 nitrogen and oxygen atoms in total. The molecule has 3 heteroatoms. The van der Waals surface area contributed by atoms with E-state index in [1.54, 1.807) is 4.57 Å². The molecule has 1 rings (SSSR count). The van der Waals surface area contributed by atoms with Crippen LogP contribution in [0.1, 0.15) is 0 Å². The Morgan fingerprint density at radius 2 is 1.70 bits per heavy atom. The van der Waals surface area contributed by atoms with Gasteiger partial charge in [0.1, 0.15) is 6.67 Å². The molecule has 0 aliphatic heterocycles. The lowest BCUT2D eigenvalue weighted by molar-refractivity contribution is -0.696. The lowest BCUT2D eigenvalue weighted by Gasteiger charge is -1.87. The van der Waals surface area contributed by atoms with Gasteiger partial charge in [0.15, 0.2) is 18.9 Å². The Labute approximate surface area is 70.3 Å². The van der Waals surface area contributed by atoms with Crippen LogP contribution in [0.2, 0.25) is 0 Å². The van der Waals surface area contributed by atoms with Crippen molar-refractivity contribution in [2.75, 3.05) is 6.67 Å². The minimum Gasteiger partial charge on any atom is -1.00 e. The highest BCUT2D eigenvalue weighted by molar-refractivity contribution is 4.83. The van der Waals surface area contributed by atoms with Crippen molar-refractivity contribution >= 4 is 0 Å². The molecule has 1 aromatic rings. The zero-order chi connectivity index (χ0) is 6.53. The summed E-state index contributed by atoms with van der Waals surface area (Å²) in [4.78, 5) is 0.